The van der Waals surface area contributed by atoms with Crippen LogP contribution in [0.5, 0.6) is 0 Å². The lowest BCUT2D eigenvalue weighted by molar-refractivity contribution is -0.171. The molecule has 2 rings (SSSR count). The van der Waals surface area contributed by atoms with Crippen LogP contribution in [0.3, 0.4) is 0 Å². The Morgan fingerprint density at radius 1 is 1.33 bits per heavy atom. The van der Waals surface area contributed by atoms with Crippen LogP contribution in [0, 0.1) is 5.82 Å². The van der Waals surface area contributed by atoms with E-state index >= 15 is 0 Å². The molecule has 1 aliphatic rings. The summed E-state index contributed by atoms with van der Waals surface area (Å²) in [5, 5.41) is 2.83. The van der Waals surface area contributed by atoms with E-state index in [4.69, 9.17) is 4.74 Å². The molecule has 1 amide bonds. The van der Waals surface area contributed by atoms with Crippen molar-refractivity contribution < 1.29 is 13.9 Å². The Morgan fingerprint density at radius 2 is 1.90 bits per heavy atom. The minimum absolute atomic E-state index is 0.240. The molecule has 1 aliphatic heterocycles. The first kappa shape index (κ1) is 15.7. The van der Waals surface area contributed by atoms with Crippen LogP contribution in [0.25, 0.3) is 0 Å². The zero-order valence-corrected chi connectivity index (χ0v) is 13.2. The number of carbonyl (C=O) groups is 1. The summed E-state index contributed by atoms with van der Waals surface area (Å²) in [6.45, 7) is 8.67. The maximum absolute atomic E-state index is 13.4. The second-order valence-electron chi connectivity index (χ2n) is 6.58. The van der Waals surface area contributed by atoms with E-state index in [2.05, 4.69) is 10.3 Å². The number of aromatic nitrogens is 1. The van der Waals surface area contributed by atoms with Gasteiger partial charge in [0.25, 0.3) is 5.91 Å². The number of ether oxygens (including phenoxy) is 1. The molecular formula is C15H22FN3O2. The molecule has 1 saturated heterocycles. The molecule has 1 aromatic rings. The predicted molar refractivity (Wildman–Crippen MR) is 78.9 cm³/mol. The van der Waals surface area contributed by atoms with E-state index in [0.29, 0.717) is 18.9 Å². The average molecular weight is 295 g/mol. The maximum atomic E-state index is 13.4. The van der Waals surface area contributed by atoms with Crippen LogP contribution in [0.4, 0.5) is 10.2 Å². The second-order valence-corrected chi connectivity index (χ2v) is 6.58. The smallest absolute Gasteiger partial charge is 0.257 e. The molecule has 5 nitrogen and oxygen atoms in total. The highest BCUT2D eigenvalue weighted by atomic mass is 19.1. The number of pyridine rings is 1. The molecule has 0 saturated carbocycles. The third kappa shape index (κ3) is 3.50. The number of amides is 1. The summed E-state index contributed by atoms with van der Waals surface area (Å²) in [5.41, 5.74) is -0.651. The summed E-state index contributed by atoms with van der Waals surface area (Å²) in [6, 6.07) is 1.22. The molecule has 1 N–H and O–H groups in total. The van der Waals surface area contributed by atoms with Crippen molar-refractivity contribution in [3.8, 4) is 0 Å². The van der Waals surface area contributed by atoms with Crippen LogP contribution in [-0.4, -0.2) is 47.1 Å². The number of halogens is 1. The molecule has 0 atom stereocenters. The summed E-state index contributed by atoms with van der Waals surface area (Å²) in [5.74, 6) is -0.386. The van der Waals surface area contributed by atoms with Gasteiger partial charge in [0, 0.05) is 20.1 Å². The first-order valence-electron chi connectivity index (χ1n) is 6.96. The van der Waals surface area contributed by atoms with Gasteiger partial charge in [0.05, 0.1) is 23.0 Å². The van der Waals surface area contributed by atoms with Crippen LogP contribution in [0.2, 0.25) is 0 Å². The number of morpholine rings is 1. The number of anilines is 1. The summed E-state index contributed by atoms with van der Waals surface area (Å²) in [4.78, 5) is 18.3. The third-order valence-electron chi connectivity index (χ3n) is 3.30. The first-order valence-corrected chi connectivity index (χ1v) is 6.96. The highest BCUT2D eigenvalue weighted by Gasteiger charge is 2.40. The Hall–Kier alpha value is -1.69. The molecule has 0 aromatic carbocycles. The van der Waals surface area contributed by atoms with Crippen LogP contribution >= 0.6 is 0 Å². The predicted octanol–water partition coefficient (Wildman–Crippen LogP) is 2.29. The fourth-order valence-corrected chi connectivity index (χ4v) is 2.90. The molecule has 1 aromatic heterocycles. The van der Waals surface area contributed by atoms with E-state index in [1.54, 1.807) is 11.9 Å². The molecule has 0 bridgehead atoms. The van der Waals surface area contributed by atoms with E-state index in [9.17, 15) is 9.18 Å². The zero-order chi connectivity index (χ0) is 15.8. The molecular weight excluding hydrogens is 273 g/mol. The minimum atomic E-state index is -0.524. The molecule has 21 heavy (non-hydrogen) atoms. The van der Waals surface area contributed by atoms with Crippen molar-refractivity contribution in [2.45, 2.75) is 38.9 Å². The Kier molecular flexibility index (Phi) is 3.93. The minimum Gasteiger partial charge on any atom is -0.372 e. The van der Waals surface area contributed by atoms with Gasteiger partial charge in [-0.05, 0) is 33.8 Å². The topological polar surface area (TPSA) is 54.5 Å². The SMILES string of the molecule is CNc1ncc(F)cc1C(=O)N1CC(C)(C)OC(C)(C)C1. The second kappa shape index (κ2) is 5.26. The van der Waals surface area contributed by atoms with Gasteiger partial charge in [0.15, 0.2) is 0 Å². The van der Waals surface area contributed by atoms with Crippen molar-refractivity contribution in [2.75, 3.05) is 25.5 Å². The van der Waals surface area contributed by atoms with Crippen LogP contribution in [0.15, 0.2) is 12.3 Å². The highest BCUT2D eigenvalue weighted by molar-refractivity contribution is 5.98. The molecule has 116 valence electrons. The van der Waals surface area contributed by atoms with Crippen LogP contribution in [-0.2, 0) is 4.74 Å². The molecule has 1 fully saturated rings. The van der Waals surface area contributed by atoms with E-state index in [1.807, 2.05) is 27.7 Å². The number of nitrogens with one attached hydrogen (secondary N) is 1. The maximum Gasteiger partial charge on any atom is 0.257 e. The Labute approximate surface area is 124 Å². The van der Waals surface area contributed by atoms with Gasteiger partial charge in [0.2, 0.25) is 0 Å². The largest absolute Gasteiger partial charge is 0.372 e. The number of nitrogens with zero attached hydrogens (tertiary/aromatic N) is 2. The molecule has 0 unspecified atom stereocenters. The van der Waals surface area contributed by atoms with Crippen LogP contribution < -0.4 is 5.32 Å². The normalized spacial score (nSPS) is 20.2. The Morgan fingerprint density at radius 3 is 2.43 bits per heavy atom. The Bertz CT molecular complexity index is 542. The third-order valence-corrected chi connectivity index (χ3v) is 3.30. The van der Waals surface area contributed by atoms with Gasteiger partial charge in [0.1, 0.15) is 11.6 Å². The van der Waals surface area contributed by atoms with Gasteiger partial charge in [-0.1, -0.05) is 0 Å². The van der Waals surface area contributed by atoms with E-state index in [1.165, 1.54) is 6.07 Å². The average Bonchev–Trinajstić information content (AvgIpc) is 2.34. The summed E-state index contributed by atoms with van der Waals surface area (Å²) in [6.07, 6.45) is 1.09. The zero-order valence-electron chi connectivity index (χ0n) is 13.2. The van der Waals surface area contributed by atoms with Crippen molar-refractivity contribution in [3.63, 3.8) is 0 Å². The Balaban J connectivity index is 2.33. The lowest BCUT2D eigenvalue weighted by Gasteiger charge is -2.47. The highest BCUT2D eigenvalue weighted by Crippen LogP contribution is 2.29. The van der Waals surface area contributed by atoms with Gasteiger partial charge in [-0.15, -0.1) is 0 Å². The quantitative estimate of drug-likeness (QED) is 0.909. The molecule has 0 spiro atoms. The van der Waals surface area contributed by atoms with Gasteiger partial charge < -0.3 is 15.0 Å². The van der Waals surface area contributed by atoms with Crippen molar-refractivity contribution in [2.24, 2.45) is 0 Å². The van der Waals surface area contributed by atoms with E-state index < -0.39 is 17.0 Å². The van der Waals surface area contributed by atoms with Crippen molar-refractivity contribution in [3.05, 3.63) is 23.6 Å². The van der Waals surface area contributed by atoms with Gasteiger partial charge in [-0.2, -0.15) is 0 Å². The van der Waals surface area contributed by atoms with Crippen LogP contribution in [0.1, 0.15) is 38.1 Å². The van der Waals surface area contributed by atoms with E-state index in [0.717, 1.165) is 6.20 Å². The molecule has 6 heteroatoms. The summed E-state index contributed by atoms with van der Waals surface area (Å²) < 4.78 is 19.4. The summed E-state index contributed by atoms with van der Waals surface area (Å²) >= 11 is 0. The number of hydrogen-bond acceptors (Lipinski definition) is 4. The molecule has 0 radical (unpaired) electrons. The first-order chi connectivity index (χ1) is 9.63. The van der Waals surface area contributed by atoms with Gasteiger partial charge >= 0.3 is 0 Å². The van der Waals surface area contributed by atoms with Crippen molar-refractivity contribution in [1.29, 1.82) is 0 Å². The summed E-state index contributed by atoms with van der Waals surface area (Å²) in [7, 11) is 1.66. The monoisotopic (exact) mass is 295 g/mol. The van der Waals surface area contributed by atoms with Gasteiger partial charge in [-0.3, -0.25) is 4.79 Å². The number of hydrogen-bond donors (Lipinski definition) is 1. The van der Waals surface area contributed by atoms with E-state index in [-0.39, 0.29) is 11.5 Å². The number of carbonyl (C=O) groups excluding carboxylic acids is 1. The lowest BCUT2D eigenvalue weighted by atomic mass is 9.98. The lowest BCUT2D eigenvalue weighted by Crippen LogP contribution is -2.58. The van der Waals surface area contributed by atoms with Crippen molar-refractivity contribution >= 4 is 11.7 Å². The number of rotatable bonds is 2. The van der Waals surface area contributed by atoms with Crippen molar-refractivity contribution in [1.82, 2.24) is 9.88 Å². The molecule has 0 aliphatic carbocycles. The molecule has 2 heterocycles. The fourth-order valence-electron chi connectivity index (χ4n) is 2.90. The standard InChI is InChI=1S/C15H22FN3O2/c1-14(2)8-19(9-15(3,4)21-14)13(20)11-6-10(16)7-18-12(11)17-5/h6-7H,8-9H2,1-5H3,(H,17,18). The fraction of sp³-hybridized carbons (Fsp3) is 0.600. The van der Waals surface area contributed by atoms with Gasteiger partial charge in [-0.25, -0.2) is 9.37 Å².